The van der Waals surface area contributed by atoms with Gasteiger partial charge in [-0.1, -0.05) is 0 Å². The van der Waals surface area contributed by atoms with Crippen LogP contribution >= 0.6 is 0 Å². The molecule has 0 atom stereocenters. The molecule has 0 bridgehead atoms. The maximum absolute atomic E-state index is 12.1. The topological polar surface area (TPSA) is 98.8 Å². The summed E-state index contributed by atoms with van der Waals surface area (Å²) in [6.45, 7) is 4.37. The van der Waals surface area contributed by atoms with E-state index in [0.717, 1.165) is 4.90 Å². The Balaban J connectivity index is 1.90. The highest BCUT2D eigenvalue weighted by atomic mass is 16.2. The first-order valence-corrected chi connectivity index (χ1v) is 7.00. The highest BCUT2D eigenvalue weighted by molar-refractivity contribution is 6.06. The van der Waals surface area contributed by atoms with E-state index in [1.165, 1.54) is 4.90 Å². The molecule has 0 aromatic heterocycles. The SMILES string of the molecule is CC1(C)NC(=O)N(CCC(=O)N2CCCNC(=O)C2)C1=O. The van der Waals surface area contributed by atoms with E-state index in [2.05, 4.69) is 10.6 Å². The van der Waals surface area contributed by atoms with Crippen LogP contribution in [0, 0.1) is 0 Å². The summed E-state index contributed by atoms with van der Waals surface area (Å²) < 4.78 is 0. The Kier molecular flexibility index (Phi) is 4.15. The van der Waals surface area contributed by atoms with Gasteiger partial charge >= 0.3 is 6.03 Å². The van der Waals surface area contributed by atoms with Crippen LogP contribution in [0.1, 0.15) is 26.7 Å². The minimum absolute atomic E-state index is 0.0303. The lowest BCUT2D eigenvalue weighted by Crippen LogP contribution is -2.41. The Bertz CT molecular complexity index is 489. The Morgan fingerprint density at radius 3 is 2.62 bits per heavy atom. The zero-order valence-electron chi connectivity index (χ0n) is 12.3. The lowest BCUT2D eigenvalue weighted by atomic mass is 10.1. The van der Waals surface area contributed by atoms with Crippen molar-refractivity contribution < 1.29 is 19.2 Å². The van der Waals surface area contributed by atoms with E-state index in [9.17, 15) is 19.2 Å². The number of carbonyl (C=O) groups is 4. The number of urea groups is 1. The molecule has 2 heterocycles. The molecule has 5 amide bonds. The third kappa shape index (κ3) is 3.32. The normalized spacial score (nSPS) is 21.9. The lowest BCUT2D eigenvalue weighted by molar-refractivity contribution is -0.136. The molecule has 0 aromatic rings. The average Bonchev–Trinajstić information content (AvgIpc) is 2.58. The Morgan fingerprint density at radius 1 is 1.29 bits per heavy atom. The summed E-state index contributed by atoms with van der Waals surface area (Å²) in [7, 11) is 0. The molecule has 8 heteroatoms. The number of hydrogen-bond donors (Lipinski definition) is 2. The minimum atomic E-state index is -0.928. The van der Waals surface area contributed by atoms with E-state index in [1.807, 2.05) is 0 Å². The predicted molar refractivity (Wildman–Crippen MR) is 73.1 cm³/mol. The van der Waals surface area contributed by atoms with Gasteiger partial charge in [0.1, 0.15) is 5.54 Å². The van der Waals surface area contributed by atoms with Gasteiger partial charge in [-0.3, -0.25) is 19.3 Å². The predicted octanol–water partition coefficient (Wildman–Crippen LogP) is -0.945. The fraction of sp³-hybridized carbons (Fsp3) is 0.692. The van der Waals surface area contributed by atoms with Crippen LogP contribution in [0.5, 0.6) is 0 Å². The summed E-state index contributed by atoms with van der Waals surface area (Å²) in [6.07, 6.45) is 0.732. The Hall–Kier alpha value is -2.12. The molecule has 0 aromatic carbocycles. The number of rotatable bonds is 3. The molecular formula is C13H20N4O4. The summed E-state index contributed by atoms with van der Waals surface area (Å²) in [4.78, 5) is 49.7. The van der Waals surface area contributed by atoms with Crippen LogP contribution in [-0.4, -0.2) is 65.3 Å². The second-order valence-electron chi connectivity index (χ2n) is 5.78. The maximum atomic E-state index is 12.1. The van der Waals surface area contributed by atoms with E-state index in [4.69, 9.17) is 0 Å². The third-order valence-electron chi connectivity index (χ3n) is 3.61. The number of nitrogens with zero attached hydrogens (tertiary/aromatic N) is 2. The van der Waals surface area contributed by atoms with Gasteiger partial charge in [-0.25, -0.2) is 4.79 Å². The first-order chi connectivity index (χ1) is 9.81. The quantitative estimate of drug-likeness (QED) is 0.656. The average molecular weight is 296 g/mol. The molecular weight excluding hydrogens is 276 g/mol. The molecule has 21 heavy (non-hydrogen) atoms. The largest absolute Gasteiger partial charge is 0.354 e. The van der Waals surface area contributed by atoms with Gasteiger partial charge < -0.3 is 15.5 Å². The van der Waals surface area contributed by atoms with E-state index in [-0.39, 0.29) is 37.2 Å². The maximum Gasteiger partial charge on any atom is 0.325 e. The van der Waals surface area contributed by atoms with Gasteiger partial charge in [0.05, 0.1) is 6.54 Å². The molecule has 0 aliphatic carbocycles. The summed E-state index contributed by atoms with van der Waals surface area (Å²) in [5.74, 6) is -0.747. The molecule has 2 aliphatic heterocycles. The van der Waals surface area contributed by atoms with Crippen LogP contribution in [0.15, 0.2) is 0 Å². The molecule has 2 aliphatic rings. The third-order valence-corrected chi connectivity index (χ3v) is 3.61. The minimum Gasteiger partial charge on any atom is -0.354 e. The molecule has 116 valence electrons. The molecule has 0 radical (unpaired) electrons. The molecule has 0 spiro atoms. The fourth-order valence-electron chi connectivity index (χ4n) is 2.41. The zero-order chi connectivity index (χ0) is 15.6. The Labute approximate surface area is 122 Å². The highest BCUT2D eigenvalue weighted by Crippen LogP contribution is 2.17. The number of hydrogen-bond acceptors (Lipinski definition) is 4. The van der Waals surface area contributed by atoms with Gasteiger partial charge in [0.25, 0.3) is 5.91 Å². The van der Waals surface area contributed by atoms with Crippen LogP contribution in [0.2, 0.25) is 0 Å². The van der Waals surface area contributed by atoms with E-state index < -0.39 is 11.6 Å². The summed E-state index contributed by atoms with van der Waals surface area (Å²) >= 11 is 0. The zero-order valence-corrected chi connectivity index (χ0v) is 12.3. The van der Waals surface area contributed by atoms with Gasteiger partial charge in [-0.05, 0) is 20.3 Å². The summed E-state index contributed by atoms with van der Waals surface area (Å²) in [6, 6.07) is -0.480. The van der Waals surface area contributed by atoms with Gasteiger partial charge in [0, 0.05) is 26.1 Å². The fourth-order valence-corrected chi connectivity index (χ4v) is 2.41. The second kappa shape index (κ2) is 5.71. The van der Waals surface area contributed by atoms with E-state index >= 15 is 0 Å². The first kappa shape index (κ1) is 15.3. The molecule has 2 fully saturated rings. The standard InChI is InChI=1S/C13H20N4O4/c1-13(2)11(20)17(12(21)15-13)7-4-10(19)16-6-3-5-14-9(18)8-16/h3-8H2,1-2H3,(H,14,18)(H,15,21). The number of nitrogens with one attached hydrogen (secondary N) is 2. The van der Waals surface area contributed by atoms with Gasteiger partial charge in [0.15, 0.2) is 0 Å². The van der Waals surface area contributed by atoms with Crippen molar-refractivity contribution in [3.05, 3.63) is 0 Å². The number of amides is 5. The molecule has 0 unspecified atom stereocenters. The van der Waals surface area contributed by atoms with Crippen LogP contribution in [0.3, 0.4) is 0 Å². The van der Waals surface area contributed by atoms with Crippen molar-refractivity contribution in [3.63, 3.8) is 0 Å². The first-order valence-electron chi connectivity index (χ1n) is 7.00. The van der Waals surface area contributed by atoms with E-state index in [1.54, 1.807) is 13.8 Å². The smallest absolute Gasteiger partial charge is 0.325 e. The summed E-state index contributed by atoms with van der Waals surface area (Å²) in [5, 5.41) is 5.25. The number of imide groups is 1. The second-order valence-corrected chi connectivity index (χ2v) is 5.78. The van der Waals surface area contributed by atoms with Crippen LogP contribution in [0.4, 0.5) is 4.79 Å². The molecule has 2 N–H and O–H groups in total. The molecule has 2 rings (SSSR count). The molecule has 8 nitrogen and oxygen atoms in total. The van der Waals surface area contributed by atoms with Crippen molar-refractivity contribution in [2.45, 2.75) is 32.2 Å². The summed E-state index contributed by atoms with van der Waals surface area (Å²) in [5.41, 5.74) is -0.928. The Morgan fingerprint density at radius 2 is 2.00 bits per heavy atom. The van der Waals surface area contributed by atoms with Crippen LogP contribution < -0.4 is 10.6 Å². The van der Waals surface area contributed by atoms with Crippen molar-refractivity contribution in [2.24, 2.45) is 0 Å². The highest BCUT2D eigenvalue weighted by Gasteiger charge is 2.44. The van der Waals surface area contributed by atoms with Crippen molar-refractivity contribution in [1.29, 1.82) is 0 Å². The van der Waals surface area contributed by atoms with Crippen molar-refractivity contribution in [3.8, 4) is 0 Å². The lowest BCUT2D eigenvalue weighted by Gasteiger charge is -2.21. The van der Waals surface area contributed by atoms with Gasteiger partial charge in [0.2, 0.25) is 11.8 Å². The van der Waals surface area contributed by atoms with Crippen LogP contribution in [0.25, 0.3) is 0 Å². The number of carbonyl (C=O) groups excluding carboxylic acids is 4. The van der Waals surface area contributed by atoms with Crippen molar-refractivity contribution >= 4 is 23.8 Å². The van der Waals surface area contributed by atoms with Crippen LogP contribution in [-0.2, 0) is 14.4 Å². The van der Waals surface area contributed by atoms with Gasteiger partial charge in [-0.2, -0.15) is 0 Å². The van der Waals surface area contributed by atoms with Gasteiger partial charge in [-0.15, -0.1) is 0 Å². The van der Waals surface area contributed by atoms with E-state index in [0.29, 0.717) is 19.5 Å². The molecule has 2 saturated heterocycles. The van der Waals surface area contributed by atoms with Crippen molar-refractivity contribution in [1.82, 2.24) is 20.4 Å². The monoisotopic (exact) mass is 296 g/mol. The van der Waals surface area contributed by atoms with Crippen molar-refractivity contribution in [2.75, 3.05) is 26.2 Å². The molecule has 0 saturated carbocycles.